The van der Waals surface area contributed by atoms with E-state index in [1.165, 1.54) is 45.9 Å². The van der Waals surface area contributed by atoms with Crippen LogP contribution in [-0.2, 0) is 12.3 Å². The van der Waals surface area contributed by atoms with Crippen LogP contribution in [0.1, 0.15) is 11.1 Å². The molecule has 5 aromatic rings. The highest BCUT2D eigenvalue weighted by Crippen LogP contribution is 2.32. The summed E-state index contributed by atoms with van der Waals surface area (Å²) in [6.45, 7) is 0.205. The zero-order valence-electron chi connectivity index (χ0n) is 16.4. The molecule has 0 N–H and O–H groups in total. The van der Waals surface area contributed by atoms with Gasteiger partial charge < -0.3 is 0 Å². The van der Waals surface area contributed by atoms with Gasteiger partial charge in [-0.25, -0.2) is 18.7 Å². The molecule has 0 amide bonds. The number of rotatable bonds is 5. The van der Waals surface area contributed by atoms with E-state index < -0.39 is 5.82 Å². The molecule has 5 rings (SSSR count). The first-order chi connectivity index (χ1) is 15.5. The topological polar surface area (TPSA) is 47.8 Å². The van der Waals surface area contributed by atoms with E-state index in [1.54, 1.807) is 36.5 Å². The quantitative estimate of drug-likeness (QED) is 0.217. The molecular formula is C23H14ClF2N3OS2. The van der Waals surface area contributed by atoms with E-state index in [-0.39, 0.29) is 23.7 Å². The maximum atomic E-state index is 14.3. The van der Waals surface area contributed by atoms with Gasteiger partial charge >= 0.3 is 0 Å². The van der Waals surface area contributed by atoms with E-state index >= 15 is 0 Å². The first-order valence-electron chi connectivity index (χ1n) is 9.59. The van der Waals surface area contributed by atoms with Gasteiger partial charge in [0.1, 0.15) is 21.2 Å². The zero-order valence-corrected chi connectivity index (χ0v) is 18.8. The number of thioether (sulfide) groups is 1. The predicted octanol–water partition coefficient (Wildman–Crippen LogP) is 6.28. The van der Waals surface area contributed by atoms with Crippen molar-refractivity contribution in [2.45, 2.75) is 17.5 Å². The molecular weight excluding hydrogens is 472 g/mol. The summed E-state index contributed by atoms with van der Waals surface area (Å²) in [4.78, 5) is 23.3. The maximum absolute atomic E-state index is 14.3. The summed E-state index contributed by atoms with van der Waals surface area (Å²) in [6.07, 6.45) is 1.67. The Labute approximate surface area is 194 Å². The lowest BCUT2D eigenvalue weighted by Gasteiger charge is -2.13. The Morgan fingerprint density at radius 1 is 1.06 bits per heavy atom. The van der Waals surface area contributed by atoms with Gasteiger partial charge in [-0.2, -0.15) is 0 Å². The summed E-state index contributed by atoms with van der Waals surface area (Å²) in [7, 11) is 0. The average Bonchev–Trinajstić information content (AvgIpc) is 3.16. The molecule has 0 aliphatic rings. The van der Waals surface area contributed by atoms with Crippen LogP contribution in [0.4, 0.5) is 8.78 Å². The van der Waals surface area contributed by atoms with Crippen molar-refractivity contribution in [3.8, 4) is 0 Å². The maximum Gasteiger partial charge on any atom is 0.272 e. The van der Waals surface area contributed by atoms with Crippen molar-refractivity contribution in [3.63, 3.8) is 0 Å². The van der Waals surface area contributed by atoms with Crippen molar-refractivity contribution in [3.05, 3.63) is 98.9 Å². The van der Waals surface area contributed by atoms with Gasteiger partial charge in [-0.15, -0.1) is 11.3 Å². The monoisotopic (exact) mass is 485 g/mol. The fourth-order valence-corrected chi connectivity index (χ4v) is 5.74. The number of hydrogen-bond acceptors (Lipinski definition) is 5. The van der Waals surface area contributed by atoms with Crippen LogP contribution < -0.4 is 5.56 Å². The van der Waals surface area contributed by atoms with Gasteiger partial charge in [0.25, 0.3) is 5.56 Å². The number of benzene rings is 2. The molecule has 0 aliphatic carbocycles. The number of hydrogen-bond donors (Lipinski definition) is 0. The molecule has 3 aromatic heterocycles. The molecule has 4 nitrogen and oxygen atoms in total. The van der Waals surface area contributed by atoms with Crippen molar-refractivity contribution in [2.75, 3.05) is 0 Å². The van der Waals surface area contributed by atoms with Crippen molar-refractivity contribution >= 4 is 55.1 Å². The lowest BCUT2D eigenvalue weighted by molar-refractivity contribution is 0.616. The summed E-state index contributed by atoms with van der Waals surface area (Å²) in [6, 6.07) is 14.1. The van der Waals surface area contributed by atoms with Crippen LogP contribution >= 0.6 is 34.7 Å². The fourth-order valence-electron chi connectivity index (χ4n) is 3.37. The molecule has 0 unspecified atom stereocenters. The third-order valence-electron chi connectivity index (χ3n) is 4.98. The Hall–Kier alpha value is -2.81. The Morgan fingerprint density at radius 3 is 2.66 bits per heavy atom. The zero-order chi connectivity index (χ0) is 22.2. The van der Waals surface area contributed by atoms with Crippen LogP contribution in [0.3, 0.4) is 0 Å². The number of thiophene rings is 1. The number of nitrogens with zero attached hydrogens (tertiary/aromatic N) is 3. The fraction of sp³-hybridized carbons (Fsp3) is 0.0870. The molecule has 3 heterocycles. The molecule has 0 saturated carbocycles. The molecule has 0 saturated heterocycles. The van der Waals surface area contributed by atoms with E-state index in [4.69, 9.17) is 16.6 Å². The van der Waals surface area contributed by atoms with Crippen molar-refractivity contribution < 1.29 is 8.78 Å². The highest BCUT2D eigenvalue weighted by molar-refractivity contribution is 7.98. The number of fused-ring (bicyclic) bond motifs is 3. The number of aromatic nitrogens is 3. The highest BCUT2D eigenvalue weighted by atomic mass is 35.5. The minimum absolute atomic E-state index is 0.202. The Kier molecular flexibility index (Phi) is 5.67. The Morgan fingerprint density at radius 2 is 1.88 bits per heavy atom. The van der Waals surface area contributed by atoms with E-state index in [1.807, 2.05) is 6.07 Å². The molecule has 0 atom stereocenters. The largest absolute Gasteiger partial charge is 0.282 e. The minimum Gasteiger partial charge on any atom is -0.282 e. The second-order valence-electron chi connectivity index (χ2n) is 7.04. The molecule has 32 heavy (non-hydrogen) atoms. The molecule has 2 aromatic carbocycles. The van der Waals surface area contributed by atoms with Crippen LogP contribution in [-0.4, -0.2) is 14.5 Å². The summed E-state index contributed by atoms with van der Waals surface area (Å²) >= 11 is 8.70. The molecule has 9 heteroatoms. The van der Waals surface area contributed by atoms with Crippen molar-refractivity contribution in [1.29, 1.82) is 0 Å². The molecule has 0 radical (unpaired) electrons. The van der Waals surface area contributed by atoms with E-state index in [0.29, 0.717) is 26.0 Å². The second-order valence-corrected chi connectivity index (χ2v) is 9.39. The second kappa shape index (κ2) is 8.61. The molecule has 160 valence electrons. The van der Waals surface area contributed by atoms with Crippen molar-refractivity contribution in [1.82, 2.24) is 14.5 Å². The molecule has 0 aliphatic heterocycles. The minimum atomic E-state index is -0.413. The first-order valence-corrected chi connectivity index (χ1v) is 11.8. The number of pyridine rings is 1. The summed E-state index contributed by atoms with van der Waals surface area (Å²) in [5.74, 6) is -0.564. The van der Waals surface area contributed by atoms with Gasteiger partial charge in [-0.1, -0.05) is 41.6 Å². The van der Waals surface area contributed by atoms with Crippen molar-refractivity contribution in [2.24, 2.45) is 0 Å². The molecule has 0 spiro atoms. The van der Waals surface area contributed by atoms with Crippen LogP contribution in [0.5, 0.6) is 0 Å². The summed E-state index contributed by atoms with van der Waals surface area (Å²) in [5, 5.41) is 1.54. The van der Waals surface area contributed by atoms with E-state index in [9.17, 15) is 13.6 Å². The predicted molar refractivity (Wildman–Crippen MR) is 126 cm³/mol. The third kappa shape index (κ3) is 3.90. The van der Waals surface area contributed by atoms with E-state index in [2.05, 4.69) is 4.98 Å². The van der Waals surface area contributed by atoms with Crippen LogP contribution in [0, 0.1) is 11.6 Å². The van der Waals surface area contributed by atoms with Gasteiger partial charge in [-0.05, 0) is 42.0 Å². The average molecular weight is 486 g/mol. The summed E-state index contributed by atoms with van der Waals surface area (Å²) < 4.78 is 29.7. The lowest BCUT2D eigenvalue weighted by Crippen LogP contribution is -2.23. The van der Waals surface area contributed by atoms with Crippen LogP contribution in [0.2, 0.25) is 5.02 Å². The lowest BCUT2D eigenvalue weighted by atomic mass is 10.2. The van der Waals surface area contributed by atoms with Gasteiger partial charge in [0.2, 0.25) is 0 Å². The van der Waals surface area contributed by atoms with Gasteiger partial charge in [0.05, 0.1) is 12.1 Å². The summed E-state index contributed by atoms with van der Waals surface area (Å²) in [5.41, 5.74) is 1.45. The van der Waals surface area contributed by atoms with Crippen LogP contribution in [0.25, 0.3) is 20.4 Å². The van der Waals surface area contributed by atoms with Gasteiger partial charge in [0.15, 0.2) is 5.16 Å². The van der Waals surface area contributed by atoms with Crippen LogP contribution in [0.15, 0.2) is 70.7 Å². The molecule has 0 fully saturated rings. The number of halogens is 3. The highest BCUT2D eigenvalue weighted by Gasteiger charge is 2.18. The Bertz CT molecular complexity index is 1500. The molecule has 0 bridgehead atoms. The van der Waals surface area contributed by atoms with Gasteiger partial charge in [-0.3, -0.25) is 9.36 Å². The SMILES string of the molecule is O=c1c2sc3ncccc3c2nc(SCc2c(F)cccc2Cl)n1Cc1ccc(F)cc1. The van der Waals surface area contributed by atoms with Gasteiger partial charge in [0, 0.05) is 27.9 Å². The third-order valence-corrected chi connectivity index (χ3v) is 7.43. The first kappa shape index (κ1) is 21.1. The Balaban J connectivity index is 1.64. The normalized spacial score (nSPS) is 11.5. The van der Waals surface area contributed by atoms with E-state index in [0.717, 1.165) is 15.8 Å². The standard InChI is InChI=1S/C23H14ClF2N3OS2/c24-17-4-1-5-18(26)16(17)12-31-23-28-19-15-3-2-10-27-21(15)32-20(19)22(30)29(23)11-13-6-8-14(25)9-7-13/h1-10H,11-12H2. The smallest absolute Gasteiger partial charge is 0.272 e.